The van der Waals surface area contributed by atoms with Gasteiger partial charge in [-0.25, -0.2) is 8.42 Å². The number of sulfone groups is 1. The molecule has 0 bridgehead atoms. The summed E-state index contributed by atoms with van der Waals surface area (Å²) >= 11 is 0. The minimum Gasteiger partial charge on any atom is -0.493 e. The Labute approximate surface area is 166 Å². The third-order valence-corrected chi connectivity index (χ3v) is 4.77. The maximum atomic E-state index is 12.0. The molecule has 2 aromatic rings. The average Bonchev–Trinajstić information content (AvgIpc) is 2.60. The lowest BCUT2D eigenvalue weighted by atomic mass is 10.2. The minimum atomic E-state index is -3.22. The molecule has 0 heterocycles. The smallest absolute Gasteiger partial charge is 0.227 e. The van der Waals surface area contributed by atoms with Crippen LogP contribution >= 0.6 is 12.4 Å². The Bertz CT molecular complexity index is 839. The van der Waals surface area contributed by atoms with E-state index in [1.54, 1.807) is 12.1 Å². The highest BCUT2D eigenvalue weighted by molar-refractivity contribution is 7.90. The van der Waals surface area contributed by atoms with Crippen LogP contribution in [0.3, 0.4) is 0 Å². The zero-order valence-corrected chi connectivity index (χ0v) is 17.0. The fourth-order valence-corrected chi connectivity index (χ4v) is 2.93. The molecule has 6 nitrogen and oxygen atoms in total. The van der Waals surface area contributed by atoms with Gasteiger partial charge in [-0.3, -0.25) is 4.79 Å². The first-order valence-electron chi connectivity index (χ1n) is 8.41. The van der Waals surface area contributed by atoms with E-state index in [1.807, 2.05) is 31.2 Å². The van der Waals surface area contributed by atoms with Gasteiger partial charge in [0.1, 0.15) is 5.75 Å². The summed E-state index contributed by atoms with van der Waals surface area (Å²) in [7, 11) is -3.22. The largest absolute Gasteiger partial charge is 0.493 e. The monoisotopic (exact) mass is 412 g/mol. The highest BCUT2D eigenvalue weighted by atomic mass is 35.5. The van der Waals surface area contributed by atoms with E-state index in [4.69, 9.17) is 4.74 Å². The standard InChI is InChI=1S/C19H24N2O4S.ClH/c1-3-20-14-15-5-4-6-16(13-15)21-19(22)11-12-25-17-7-9-18(10-8-17)26(2,23)24;/h4-10,13,20H,3,11-12,14H2,1-2H3,(H,21,22);1H. The van der Waals surface area contributed by atoms with Gasteiger partial charge < -0.3 is 15.4 Å². The molecule has 0 saturated heterocycles. The second-order valence-corrected chi connectivity index (χ2v) is 7.89. The lowest BCUT2D eigenvalue weighted by Gasteiger charge is -2.09. The van der Waals surface area contributed by atoms with Crippen molar-refractivity contribution in [1.82, 2.24) is 5.32 Å². The van der Waals surface area contributed by atoms with Gasteiger partial charge in [-0.15, -0.1) is 12.4 Å². The molecule has 0 saturated carbocycles. The first-order chi connectivity index (χ1) is 12.4. The van der Waals surface area contributed by atoms with Gasteiger partial charge in [0, 0.05) is 18.5 Å². The number of rotatable bonds is 9. The van der Waals surface area contributed by atoms with E-state index < -0.39 is 9.84 Å². The first kappa shape index (κ1) is 23.0. The van der Waals surface area contributed by atoms with Crippen LogP contribution in [0.25, 0.3) is 0 Å². The molecule has 148 valence electrons. The summed E-state index contributed by atoms with van der Waals surface area (Å²) in [6.07, 6.45) is 1.35. The number of carbonyl (C=O) groups excluding carboxylic acids is 1. The Hall–Kier alpha value is -2.09. The van der Waals surface area contributed by atoms with E-state index in [0.717, 1.165) is 30.6 Å². The normalized spacial score (nSPS) is 10.7. The number of ether oxygens (including phenoxy) is 1. The van der Waals surface area contributed by atoms with Gasteiger partial charge in [0.15, 0.2) is 9.84 Å². The van der Waals surface area contributed by atoms with Crippen LogP contribution in [0.2, 0.25) is 0 Å². The van der Waals surface area contributed by atoms with Crippen molar-refractivity contribution >= 4 is 33.8 Å². The molecular weight excluding hydrogens is 388 g/mol. The van der Waals surface area contributed by atoms with Crippen LogP contribution in [-0.2, 0) is 21.2 Å². The van der Waals surface area contributed by atoms with Crippen LogP contribution in [0.1, 0.15) is 18.9 Å². The predicted octanol–water partition coefficient (Wildman–Crippen LogP) is 3.03. The Morgan fingerprint density at radius 1 is 1.11 bits per heavy atom. The topological polar surface area (TPSA) is 84.5 Å². The van der Waals surface area contributed by atoms with Gasteiger partial charge in [0.2, 0.25) is 5.91 Å². The number of hydrogen-bond acceptors (Lipinski definition) is 5. The zero-order chi connectivity index (χ0) is 19.0. The molecule has 8 heteroatoms. The number of halogens is 1. The highest BCUT2D eigenvalue weighted by Gasteiger charge is 2.07. The summed E-state index contributed by atoms with van der Waals surface area (Å²) < 4.78 is 28.3. The number of anilines is 1. The van der Waals surface area contributed by atoms with Crippen LogP contribution in [0, 0.1) is 0 Å². The fourth-order valence-electron chi connectivity index (χ4n) is 2.30. The molecule has 0 radical (unpaired) electrons. The van der Waals surface area contributed by atoms with Gasteiger partial charge in [-0.05, 0) is 48.5 Å². The molecule has 0 spiro atoms. The van der Waals surface area contributed by atoms with Crippen LogP contribution in [0.15, 0.2) is 53.4 Å². The van der Waals surface area contributed by atoms with Crippen molar-refractivity contribution < 1.29 is 17.9 Å². The lowest BCUT2D eigenvalue weighted by molar-refractivity contribution is -0.116. The Morgan fingerprint density at radius 3 is 2.44 bits per heavy atom. The molecule has 2 N–H and O–H groups in total. The van der Waals surface area contributed by atoms with Crippen molar-refractivity contribution in [2.75, 3.05) is 24.7 Å². The number of benzene rings is 2. The second-order valence-electron chi connectivity index (χ2n) is 5.87. The minimum absolute atomic E-state index is 0. The maximum Gasteiger partial charge on any atom is 0.227 e. The van der Waals surface area contributed by atoms with E-state index in [2.05, 4.69) is 10.6 Å². The summed E-state index contributed by atoms with van der Waals surface area (Å²) in [4.78, 5) is 12.3. The van der Waals surface area contributed by atoms with Crippen molar-refractivity contribution in [3.05, 3.63) is 54.1 Å². The van der Waals surface area contributed by atoms with Crippen LogP contribution in [-0.4, -0.2) is 33.7 Å². The molecule has 2 rings (SSSR count). The number of hydrogen-bond donors (Lipinski definition) is 2. The maximum absolute atomic E-state index is 12.0. The fraction of sp³-hybridized carbons (Fsp3) is 0.316. The highest BCUT2D eigenvalue weighted by Crippen LogP contribution is 2.16. The summed E-state index contributed by atoms with van der Waals surface area (Å²) in [5.74, 6) is 0.385. The molecule has 0 aliphatic rings. The SMILES string of the molecule is CCNCc1cccc(NC(=O)CCOc2ccc(S(C)(=O)=O)cc2)c1.Cl. The van der Waals surface area contributed by atoms with Gasteiger partial charge in [-0.2, -0.15) is 0 Å². The van der Waals surface area contributed by atoms with Gasteiger partial charge in [-0.1, -0.05) is 19.1 Å². The van der Waals surface area contributed by atoms with Gasteiger partial charge in [0.05, 0.1) is 17.9 Å². The number of carbonyl (C=O) groups is 1. The number of amides is 1. The zero-order valence-electron chi connectivity index (χ0n) is 15.4. The summed E-state index contributed by atoms with van der Waals surface area (Å²) in [5, 5.41) is 6.09. The molecule has 1 amide bonds. The Morgan fingerprint density at radius 2 is 1.81 bits per heavy atom. The molecule has 0 fully saturated rings. The number of nitrogens with one attached hydrogen (secondary N) is 2. The molecule has 0 atom stereocenters. The van der Waals surface area contributed by atoms with E-state index >= 15 is 0 Å². The molecule has 2 aromatic carbocycles. The molecule has 0 aliphatic carbocycles. The van der Waals surface area contributed by atoms with Crippen molar-refractivity contribution in [3.63, 3.8) is 0 Å². The first-order valence-corrected chi connectivity index (χ1v) is 10.3. The third kappa shape index (κ3) is 7.99. The van der Waals surface area contributed by atoms with Crippen LogP contribution < -0.4 is 15.4 Å². The molecular formula is C19H25ClN2O4S. The van der Waals surface area contributed by atoms with E-state index in [1.165, 1.54) is 12.1 Å². The second kappa shape index (κ2) is 10.9. The van der Waals surface area contributed by atoms with Crippen molar-refractivity contribution in [3.8, 4) is 5.75 Å². The van der Waals surface area contributed by atoms with Gasteiger partial charge >= 0.3 is 0 Å². The molecule has 27 heavy (non-hydrogen) atoms. The molecule has 0 unspecified atom stereocenters. The van der Waals surface area contributed by atoms with Crippen molar-refractivity contribution in [2.45, 2.75) is 24.8 Å². The van der Waals surface area contributed by atoms with Crippen LogP contribution in [0.4, 0.5) is 5.69 Å². The Kier molecular flexibility index (Phi) is 9.28. The lowest BCUT2D eigenvalue weighted by Crippen LogP contribution is -2.16. The summed E-state index contributed by atoms with van der Waals surface area (Å²) in [6, 6.07) is 13.8. The van der Waals surface area contributed by atoms with Crippen molar-refractivity contribution in [2.24, 2.45) is 0 Å². The van der Waals surface area contributed by atoms with E-state index in [0.29, 0.717) is 5.75 Å². The van der Waals surface area contributed by atoms with Gasteiger partial charge in [0.25, 0.3) is 0 Å². The summed E-state index contributed by atoms with van der Waals surface area (Å²) in [6.45, 7) is 3.90. The molecule has 0 aromatic heterocycles. The summed E-state index contributed by atoms with van der Waals surface area (Å²) in [5.41, 5.74) is 1.86. The molecule has 0 aliphatic heterocycles. The van der Waals surface area contributed by atoms with Crippen molar-refractivity contribution in [1.29, 1.82) is 0 Å². The average molecular weight is 413 g/mol. The Balaban J connectivity index is 0.00000364. The van der Waals surface area contributed by atoms with Crippen LogP contribution in [0.5, 0.6) is 5.75 Å². The predicted molar refractivity (Wildman–Crippen MR) is 109 cm³/mol. The quantitative estimate of drug-likeness (QED) is 0.661. The van der Waals surface area contributed by atoms with E-state index in [-0.39, 0.29) is 36.2 Å². The third-order valence-electron chi connectivity index (χ3n) is 3.64. The van der Waals surface area contributed by atoms with E-state index in [9.17, 15) is 13.2 Å².